The van der Waals surface area contributed by atoms with Crippen LogP contribution in [0.5, 0.6) is 0 Å². The summed E-state index contributed by atoms with van der Waals surface area (Å²) in [5.74, 6) is -5.83. The third kappa shape index (κ3) is 5.14. The SMILES string of the molecule is CCCC1CN(c2ncc(C(F)(F)F)cc2C(=O)Nc2ccnc(S(N)(=O)=O)c2)CCC2C1C2(F)F. The number of alkyl halides is 5. The number of aromatic nitrogens is 2. The number of rotatable bonds is 6. The van der Waals surface area contributed by atoms with E-state index in [9.17, 15) is 35.2 Å². The standard InChI is InChI=1S/C22H24F5N5O3S/c1-2-3-12-11-32(7-5-16-18(12)21(16,23)24)19-15(8-13(10-30-19)22(25,26)27)20(33)31-14-4-6-29-17(9-14)36(28,34)35/h4,6,8-10,12,16,18H,2-3,5,7,11H2,1H3,(H2,28,34,35)(H,29,31,33). The largest absolute Gasteiger partial charge is 0.417 e. The Morgan fingerprint density at radius 1 is 1.28 bits per heavy atom. The first kappa shape index (κ1) is 26.2. The van der Waals surface area contributed by atoms with Gasteiger partial charge in [0.1, 0.15) is 5.82 Å². The van der Waals surface area contributed by atoms with E-state index < -0.39 is 61.9 Å². The summed E-state index contributed by atoms with van der Waals surface area (Å²) in [6.45, 7) is 2.08. The maximum absolute atomic E-state index is 14.3. The topological polar surface area (TPSA) is 118 Å². The van der Waals surface area contributed by atoms with Crippen molar-refractivity contribution in [3.63, 3.8) is 0 Å². The minimum atomic E-state index is -4.79. The van der Waals surface area contributed by atoms with E-state index in [2.05, 4.69) is 15.3 Å². The van der Waals surface area contributed by atoms with E-state index in [-0.39, 0.29) is 31.0 Å². The van der Waals surface area contributed by atoms with Gasteiger partial charge in [0.2, 0.25) is 0 Å². The van der Waals surface area contributed by atoms with Gasteiger partial charge in [0.05, 0.1) is 11.1 Å². The molecule has 0 bridgehead atoms. The van der Waals surface area contributed by atoms with Gasteiger partial charge >= 0.3 is 6.18 Å². The molecule has 0 radical (unpaired) electrons. The average molecular weight is 534 g/mol. The molecule has 1 amide bonds. The van der Waals surface area contributed by atoms with Crippen LogP contribution in [-0.4, -0.2) is 43.3 Å². The number of anilines is 2. The molecule has 3 heterocycles. The van der Waals surface area contributed by atoms with Crippen LogP contribution in [0.15, 0.2) is 35.6 Å². The van der Waals surface area contributed by atoms with Crippen LogP contribution in [0.1, 0.15) is 42.1 Å². The van der Waals surface area contributed by atoms with Crippen LogP contribution in [0, 0.1) is 17.8 Å². The summed E-state index contributed by atoms with van der Waals surface area (Å²) in [7, 11) is -4.20. The number of hydrogen-bond donors (Lipinski definition) is 2. The van der Waals surface area contributed by atoms with Crippen LogP contribution in [0.2, 0.25) is 0 Å². The molecule has 1 saturated heterocycles. The Kier molecular flexibility index (Phi) is 6.71. The van der Waals surface area contributed by atoms with Gasteiger partial charge in [0.15, 0.2) is 5.03 Å². The van der Waals surface area contributed by atoms with E-state index in [1.807, 2.05) is 6.92 Å². The predicted molar refractivity (Wildman–Crippen MR) is 120 cm³/mol. The fourth-order valence-corrected chi connectivity index (χ4v) is 5.42. The molecule has 4 rings (SSSR count). The molecule has 1 saturated carbocycles. The van der Waals surface area contributed by atoms with Crippen LogP contribution < -0.4 is 15.4 Å². The minimum Gasteiger partial charge on any atom is -0.356 e. The Morgan fingerprint density at radius 3 is 2.64 bits per heavy atom. The molecule has 0 aromatic carbocycles. The van der Waals surface area contributed by atoms with Gasteiger partial charge in [-0.15, -0.1) is 0 Å². The molecular weight excluding hydrogens is 509 g/mol. The number of primary sulfonamides is 1. The van der Waals surface area contributed by atoms with E-state index in [0.717, 1.165) is 12.3 Å². The zero-order valence-electron chi connectivity index (χ0n) is 19.1. The van der Waals surface area contributed by atoms with Gasteiger partial charge in [0.25, 0.3) is 21.9 Å². The Morgan fingerprint density at radius 2 is 2.00 bits per heavy atom. The molecule has 14 heteroatoms. The molecule has 2 aromatic rings. The van der Waals surface area contributed by atoms with Crippen molar-refractivity contribution in [2.24, 2.45) is 22.9 Å². The zero-order chi connectivity index (χ0) is 26.5. The van der Waals surface area contributed by atoms with Crippen molar-refractivity contribution in [3.05, 3.63) is 41.7 Å². The Labute approximate surface area is 204 Å². The molecule has 36 heavy (non-hydrogen) atoms. The smallest absolute Gasteiger partial charge is 0.356 e. The van der Waals surface area contributed by atoms with E-state index in [4.69, 9.17) is 5.14 Å². The number of carbonyl (C=O) groups excluding carboxylic acids is 1. The number of nitrogens with zero attached hydrogens (tertiary/aromatic N) is 3. The van der Waals surface area contributed by atoms with E-state index in [1.54, 1.807) is 4.90 Å². The molecule has 8 nitrogen and oxygen atoms in total. The van der Waals surface area contributed by atoms with Crippen molar-refractivity contribution in [1.82, 2.24) is 9.97 Å². The number of halogens is 5. The van der Waals surface area contributed by atoms with Crippen molar-refractivity contribution in [2.75, 3.05) is 23.3 Å². The quantitative estimate of drug-likeness (QED) is 0.544. The number of carbonyl (C=O) groups is 1. The van der Waals surface area contributed by atoms with Crippen LogP contribution >= 0.6 is 0 Å². The molecular formula is C22H24F5N5O3S. The molecule has 2 fully saturated rings. The van der Waals surface area contributed by atoms with Crippen LogP contribution in [0.3, 0.4) is 0 Å². The summed E-state index contributed by atoms with van der Waals surface area (Å²) >= 11 is 0. The van der Waals surface area contributed by atoms with Crippen LogP contribution in [-0.2, 0) is 16.2 Å². The first-order valence-corrected chi connectivity index (χ1v) is 12.8. The predicted octanol–water partition coefficient (Wildman–Crippen LogP) is 3.90. The maximum Gasteiger partial charge on any atom is 0.417 e. The second kappa shape index (κ2) is 9.21. The molecule has 3 atom stereocenters. The fourth-order valence-electron chi connectivity index (χ4n) is 4.92. The molecule has 1 aliphatic heterocycles. The van der Waals surface area contributed by atoms with Gasteiger partial charge < -0.3 is 10.2 Å². The van der Waals surface area contributed by atoms with Gasteiger partial charge in [-0.3, -0.25) is 4.79 Å². The highest BCUT2D eigenvalue weighted by molar-refractivity contribution is 7.89. The maximum atomic E-state index is 14.3. The van der Waals surface area contributed by atoms with Gasteiger partial charge in [-0.1, -0.05) is 13.3 Å². The third-order valence-electron chi connectivity index (χ3n) is 6.62. The Balaban J connectivity index is 1.69. The molecule has 2 aromatic heterocycles. The lowest BCUT2D eigenvalue weighted by atomic mass is 9.96. The van der Waals surface area contributed by atoms with Crippen LogP contribution in [0.25, 0.3) is 0 Å². The lowest BCUT2D eigenvalue weighted by Crippen LogP contribution is -2.34. The number of fused-ring (bicyclic) bond motifs is 1. The number of nitrogens with two attached hydrogens (primary N) is 1. The van der Waals surface area contributed by atoms with Crippen molar-refractivity contribution in [1.29, 1.82) is 0 Å². The Bertz CT molecular complexity index is 1270. The fraction of sp³-hybridized carbons (Fsp3) is 0.500. The summed E-state index contributed by atoms with van der Waals surface area (Å²) in [6, 6.07) is 2.85. The van der Waals surface area contributed by atoms with E-state index in [0.29, 0.717) is 25.1 Å². The van der Waals surface area contributed by atoms with Crippen molar-refractivity contribution in [2.45, 2.75) is 43.3 Å². The summed E-state index contributed by atoms with van der Waals surface area (Å²) in [4.78, 5) is 22.2. The molecule has 196 valence electrons. The zero-order valence-corrected chi connectivity index (χ0v) is 19.9. The second-order valence-electron chi connectivity index (χ2n) is 9.07. The van der Waals surface area contributed by atoms with Gasteiger partial charge in [-0.05, 0) is 30.9 Å². The lowest BCUT2D eigenvalue weighted by Gasteiger charge is -2.29. The minimum absolute atomic E-state index is 0.0630. The average Bonchev–Trinajstić information content (AvgIpc) is 3.40. The first-order chi connectivity index (χ1) is 16.7. The summed E-state index contributed by atoms with van der Waals surface area (Å²) in [6.07, 6.45) is -1.85. The summed E-state index contributed by atoms with van der Waals surface area (Å²) < 4.78 is 91.9. The van der Waals surface area contributed by atoms with Crippen LogP contribution in [0.4, 0.5) is 33.5 Å². The number of amides is 1. The number of nitrogens with one attached hydrogen (secondary N) is 1. The summed E-state index contributed by atoms with van der Waals surface area (Å²) in [5, 5.41) is 6.86. The summed E-state index contributed by atoms with van der Waals surface area (Å²) in [5.41, 5.74) is -1.65. The first-order valence-electron chi connectivity index (χ1n) is 11.2. The molecule has 0 spiro atoms. The normalized spacial score (nSPS) is 23.5. The highest BCUT2D eigenvalue weighted by Crippen LogP contribution is 2.62. The van der Waals surface area contributed by atoms with E-state index in [1.165, 1.54) is 6.07 Å². The molecule has 3 N–H and O–H groups in total. The monoisotopic (exact) mass is 533 g/mol. The van der Waals surface area contributed by atoms with E-state index >= 15 is 0 Å². The molecule has 3 unspecified atom stereocenters. The number of pyridine rings is 2. The third-order valence-corrected chi connectivity index (χ3v) is 7.42. The van der Waals surface area contributed by atoms with Crippen molar-refractivity contribution >= 4 is 27.4 Å². The van der Waals surface area contributed by atoms with Crippen molar-refractivity contribution < 1.29 is 35.2 Å². The Hall–Kier alpha value is -2.87. The lowest BCUT2D eigenvalue weighted by molar-refractivity contribution is -0.137. The van der Waals surface area contributed by atoms with Gasteiger partial charge in [0, 0.05) is 49.1 Å². The number of hydrogen-bond acceptors (Lipinski definition) is 6. The molecule has 1 aliphatic carbocycles. The van der Waals surface area contributed by atoms with Gasteiger partial charge in [-0.2, -0.15) is 13.2 Å². The highest BCUT2D eigenvalue weighted by atomic mass is 32.2. The second-order valence-corrected chi connectivity index (χ2v) is 10.6. The van der Waals surface area contributed by atoms with Gasteiger partial charge in [-0.25, -0.2) is 32.3 Å². The highest BCUT2D eigenvalue weighted by Gasteiger charge is 2.70. The number of sulfonamides is 1. The molecule has 2 aliphatic rings. The van der Waals surface area contributed by atoms with Crippen molar-refractivity contribution in [3.8, 4) is 0 Å².